The molecule has 2 heterocycles. The minimum Gasteiger partial charge on any atom is -0.497 e. The van der Waals surface area contributed by atoms with Gasteiger partial charge in [0.1, 0.15) is 17.6 Å². The van der Waals surface area contributed by atoms with E-state index in [0.717, 1.165) is 34.3 Å². The van der Waals surface area contributed by atoms with Crippen LogP contribution in [0.2, 0.25) is 5.02 Å². The van der Waals surface area contributed by atoms with Crippen LogP contribution >= 0.6 is 11.6 Å². The Labute approximate surface area is 150 Å². The summed E-state index contributed by atoms with van der Waals surface area (Å²) >= 11 is 6.01. The topological polar surface area (TPSA) is 52.0 Å². The van der Waals surface area contributed by atoms with Crippen molar-refractivity contribution >= 4 is 23.2 Å². The van der Waals surface area contributed by atoms with Gasteiger partial charge < -0.3 is 10.1 Å². The summed E-state index contributed by atoms with van der Waals surface area (Å²) in [5, 5.41) is 8.61. The molecule has 1 aromatic heterocycles. The maximum Gasteiger partial charge on any atom is 0.226 e. The minimum atomic E-state index is -0.0472. The Balaban J connectivity index is 1.79. The van der Waals surface area contributed by atoms with Crippen LogP contribution in [0, 0.1) is 6.92 Å². The molecule has 1 aliphatic rings. The van der Waals surface area contributed by atoms with Crippen molar-refractivity contribution in [3.05, 3.63) is 76.6 Å². The van der Waals surface area contributed by atoms with Gasteiger partial charge in [0.05, 0.1) is 7.11 Å². The van der Waals surface area contributed by atoms with Crippen LogP contribution in [0.1, 0.15) is 23.0 Å². The van der Waals surface area contributed by atoms with Crippen LogP contribution in [0.5, 0.6) is 5.75 Å². The molecule has 0 unspecified atom stereocenters. The van der Waals surface area contributed by atoms with E-state index < -0.39 is 0 Å². The average Bonchev–Trinajstić information content (AvgIpc) is 3.01. The van der Waals surface area contributed by atoms with Gasteiger partial charge in [0.15, 0.2) is 0 Å². The molecule has 1 aliphatic heterocycles. The summed E-state index contributed by atoms with van der Waals surface area (Å²) in [7, 11) is 1.66. The molecule has 126 valence electrons. The number of aromatic nitrogens is 3. The summed E-state index contributed by atoms with van der Waals surface area (Å²) < 4.78 is 7.16. The fourth-order valence-electron chi connectivity index (χ4n) is 2.94. The summed E-state index contributed by atoms with van der Waals surface area (Å²) in [6.07, 6.45) is 2.15. The molecule has 0 spiro atoms. The van der Waals surface area contributed by atoms with E-state index in [4.69, 9.17) is 16.3 Å². The molecular formula is C19H17ClN4O. The van der Waals surface area contributed by atoms with E-state index in [2.05, 4.69) is 21.5 Å². The van der Waals surface area contributed by atoms with Crippen LogP contribution in [0.3, 0.4) is 0 Å². The zero-order chi connectivity index (χ0) is 17.4. The van der Waals surface area contributed by atoms with Gasteiger partial charge in [-0.25, -0.2) is 4.68 Å². The number of benzene rings is 2. The molecule has 6 heteroatoms. The molecule has 5 nitrogen and oxygen atoms in total. The fraction of sp³-hybridized carbons (Fsp3) is 0.158. The average molecular weight is 353 g/mol. The van der Waals surface area contributed by atoms with Gasteiger partial charge in [-0.15, -0.1) is 0 Å². The molecular weight excluding hydrogens is 336 g/mol. The third-order valence-corrected chi connectivity index (χ3v) is 4.44. The number of rotatable bonds is 3. The van der Waals surface area contributed by atoms with Gasteiger partial charge >= 0.3 is 0 Å². The fourth-order valence-corrected chi connectivity index (χ4v) is 3.06. The highest BCUT2D eigenvalue weighted by molar-refractivity contribution is 6.30. The van der Waals surface area contributed by atoms with Crippen LogP contribution in [-0.2, 0) is 0 Å². The lowest BCUT2D eigenvalue weighted by Gasteiger charge is -2.24. The van der Waals surface area contributed by atoms with Crippen molar-refractivity contribution in [2.45, 2.75) is 13.0 Å². The Kier molecular flexibility index (Phi) is 3.93. The SMILES string of the molecule is COc1ccc([C@H]2C=C(c3ccc(Cl)cc3)Nc3nc(C)nn32)cc1. The number of fused-ring (bicyclic) bond motifs is 1. The normalized spacial score (nSPS) is 16.0. The number of allylic oxidation sites excluding steroid dienone is 1. The van der Waals surface area contributed by atoms with E-state index >= 15 is 0 Å². The van der Waals surface area contributed by atoms with Crippen LogP contribution in [0.4, 0.5) is 5.95 Å². The molecule has 0 radical (unpaired) electrons. The number of nitrogens with zero attached hydrogens (tertiary/aromatic N) is 3. The predicted octanol–water partition coefficient (Wildman–Crippen LogP) is 4.30. The van der Waals surface area contributed by atoms with Crippen molar-refractivity contribution in [2.24, 2.45) is 0 Å². The Hall–Kier alpha value is -2.79. The lowest BCUT2D eigenvalue weighted by atomic mass is 10.0. The third kappa shape index (κ3) is 2.98. The molecule has 1 atom stereocenters. The van der Waals surface area contributed by atoms with Gasteiger partial charge in [-0.2, -0.15) is 10.1 Å². The van der Waals surface area contributed by atoms with Gasteiger partial charge in [-0.3, -0.25) is 0 Å². The third-order valence-electron chi connectivity index (χ3n) is 4.18. The van der Waals surface area contributed by atoms with Crippen molar-refractivity contribution in [1.29, 1.82) is 0 Å². The molecule has 2 aromatic carbocycles. The molecule has 0 aliphatic carbocycles. The summed E-state index contributed by atoms with van der Waals surface area (Å²) in [5.41, 5.74) is 3.15. The van der Waals surface area contributed by atoms with E-state index in [9.17, 15) is 0 Å². The Morgan fingerprint density at radius 2 is 1.80 bits per heavy atom. The number of halogens is 1. The van der Waals surface area contributed by atoms with Gasteiger partial charge in [0.25, 0.3) is 0 Å². The number of aryl methyl sites for hydroxylation is 1. The number of hydrogen-bond donors (Lipinski definition) is 1. The zero-order valence-electron chi connectivity index (χ0n) is 13.9. The van der Waals surface area contributed by atoms with E-state index in [1.165, 1.54) is 0 Å². The first kappa shape index (κ1) is 15.7. The van der Waals surface area contributed by atoms with Gasteiger partial charge in [0, 0.05) is 10.7 Å². The van der Waals surface area contributed by atoms with Crippen molar-refractivity contribution in [1.82, 2.24) is 14.8 Å². The second-order valence-electron chi connectivity index (χ2n) is 5.86. The minimum absolute atomic E-state index is 0.0472. The summed E-state index contributed by atoms with van der Waals surface area (Å²) in [5.74, 6) is 2.28. The van der Waals surface area contributed by atoms with E-state index in [-0.39, 0.29) is 6.04 Å². The van der Waals surface area contributed by atoms with Crippen LogP contribution < -0.4 is 10.1 Å². The molecule has 1 N–H and O–H groups in total. The van der Waals surface area contributed by atoms with Crippen LogP contribution in [0.25, 0.3) is 5.70 Å². The molecule has 3 aromatic rings. The molecule has 0 saturated carbocycles. The first-order valence-corrected chi connectivity index (χ1v) is 8.34. The van der Waals surface area contributed by atoms with Gasteiger partial charge in [-0.05, 0) is 48.4 Å². The lowest BCUT2D eigenvalue weighted by Crippen LogP contribution is -2.20. The Morgan fingerprint density at radius 1 is 1.08 bits per heavy atom. The van der Waals surface area contributed by atoms with Gasteiger partial charge in [0.2, 0.25) is 5.95 Å². The first-order valence-electron chi connectivity index (χ1n) is 7.96. The number of nitrogens with one attached hydrogen (secondary N) is 1. The van der Waals surface area contributed by atoms with E-state index in [1.807, 2.05) is 60.1 Å². The van der Waals surface area contributed by atoms with Crippen molar-refractivity contribution in [3.63, 3.8) is 0 Å². The lowest BCUT2D eigenvalue weighted by molar-refractivity contribution is 0.414. The highest BCUT2D eigenvalue weighted by Gasteiger charge is 2.24. The van der Waals surface area contributed by atoms with Gasteiger partial charge in [-0.1, -0.05) is 35.9 Å². The van der Waals surface area contributed by atoms with Crippen molar-refractivity contribution in [3.8, 4) is 5.75 Å². The van der Waals surface area contributed by atoms with Crippen LogP contribution in [-0.4, -0.2) is 21.9 Å². The monoisotopic (exact) mass is 352 g/mol. The number of anilines is 1. The first-order chi connectivity index (χ1) is 12.1. The second kappa shape index (κ2) is 6.26. The molecule has 0 saturated heterocycles. The van der Waals surface area contributed by atoms with Crippen LogP contribution in [0.15, 0.2) is 54.6 Å². The molecule has 4 rings (SSSR count). The molecule has 0 bridgehead atoms. The van der Waals surface area contributed by atoms with E-state index in [1.54, 1.807) is 7.11 Å². The maximum atomic E-state index is 6.01. The summed E-state index contributed by atoms with van der Waals surface area (Å²) in [6, 6.07) is 15.7. The summed E-state index contributed by atoms with van der Waals surface area (Å²) in [6.45, 7) is 1.89. The highest BCUT2D eigenvalue weighted by atomic mass is 35.5. The number of hydrogen-bond acceptors (Lipinski definition) is 4. The molecule has 25 heavy (non-hydrogen) atoms. The van der Waals surface area contributed by atoms with Crippen molar-refractivity contribution < 1.29 is 4.74 Å². The summed E-state index contributed by atoms with van der Waals surface area (Å²) in [4.78, 5) is 4.50. The smallest absolute Gasteiger partial charge is 0.226 e. The quantitative estimate of drug-likeness (QED) is 0.763. The maximum absolute atomic E-state index is 6.01. The second-order valence-corrected chi connectivity index (χ2v) is 6.29. The molecule has 0 fully saturated rings. The Morgan fingerprint density at radius 3 is 2.48 bits per heavy atom. The molecule has 0 amide bonds. The largest absolute Gasteiger partial charge is 0.497 e. The predicted molar refractivity (Wildman–Crippen MR) is 98.9 cm³/mol. The number of ether oxygens (including phenoxy) is 1. The highest BCUT2D eigenvalue weighted by Crippen LogP contribution is 2.33. The standard InChI is InChI=1S/C19H17ClN4O/c1-12-21-19-22-17(13-3-7-15(20)8-4-13)11-18(24(19)23-12)14-5-9-16(25-2)10-6-14/h3-11,18H,1-2H3,(H,21,22,23)/t18-/m1/s1. The van der Waals surface area contributed by atoms with Crippen molar-refractivity contribution in [2.75, 3.05) is 12.4 Å². The number of methoxy groups -OCH3 is 1. The Bertz CT molecular complexity index is 929. The zero-order valence-corrected chi connectivity index (χ0v) is 14.7. The van der Waals surface area contributed by atoms with E-state index in [0.29, 0.717) is 5.02 Å².